The predicted molar refractivity (Wildman–Crippen MR) is 67.6 cm³/mol. The second-order valence-electron chi connectivity index (χ2n) is 4.08. The van der Waals surface area contributed by atoms with Gasteiger partial charge in [-0.1, -0.05) is 6.07 Å². The van der Waals surface area contributed by atoms with E-state index in [-0.39, 0.29) is 0 Å². The van der Waals surface area contributed by atoms with Crippen molar-refractivity contribution < 1.29 is 0 Å². The Labute approximate surface area is 106 Å². The van der Waals surface area contributed by atoms with Crippen LogP contribution in [0.1, 0.15) is 16.8 Å². The first-order valence-corrected chi connectivity index (χ1v) is 5.83. The van der Waals surface area contributed by atoms with Gasteiger partial charge in [0, 0.05) is 31.0 Å². The van der Waals surface area contributed by atoms with Gasteiger partial charge < -0.3 is 5.32 Å². The molecule has 5 heteroatoms. The van der Waals surface area contributed by atoms with Gasteiger partial charge in [-0.2, -0.15) is 10.4 Å². The van der Waals surface area contributed by atoms with Gasteiger partial charge in [-0.25, -0.2) is 4.98 Å². The fraction of sp³-hybridized carbons (Fsp3) is 0.308. The number of aromatic nitrogens is 3. The van der Waals surface area contributed by atoms with E-state index in [1.54, 1.807) is 6.20 Å². The summed E-state index contributed by atoms with van der Waals surface area (Å²) in [7, 11) is 0. The molecule has 0 aliphatic heterocycles. The third-order valence-corrected chi connectivity index (χ3v) is 2.59. The number of pyridine rings is 1. The molecule has 2 heterocycles. The molecule has 92 valence electrons. The predicted octanol–water partition coefficient (Wildman–Crippen LogP) is 1.25. The van der Waals surface area contributed by atoms with Crippen LogP contribution in [0.2, 0.25) is 0 Å². The van der Waals surface area contributed by atoms with Crippen molar-refractivity contribution >= 4 is 0 Å². The average molecular weight is 241 g/mol. The topological polar surface area (TPSA) is 66.5 Å². The van der Waals surface area contributed by atoms with Gasteiger partial charge in [0.25, 0.3) is 0 Å². The van der Waals surface area contributed by atoms with Crippen LogP contribution in [-0.2, 0) is 13.1 Å². The van der Waals surface area contributed by atoms with Crippen LogP contribution in [0.15, 0.2) is 30.7 Å². The molecule has 0 amide bonds. The second kappa shape index (κ2) is 5.94. The first kappa shape index (κ1) is 12.3. The molecule has 18 heavy (non-hydrogen) atoms. The molecule has 0 fully saturated rings. The quantitative estimate of drug-likeness (QED) is 0.800. The maximum Gasteiger partial charge on any atom is 0.144 e. The molecule has 0 bridgehead atoms. The number of hydrogen-bond acceptors (Lipinski definition) is 4. The lowest BCUT2D eigenvalue weighted by Crippen LogP contribution is -2.20. The first-order valence-electron chi connectivity index (χ1n) is 5.83. The van der Waals surface area contributed by atoms with Crippen LogP contribution in [0.5, 0.6) is 0 Å². The van der Waals surface area contributed by atoms with Gasteiger partial charge in [-0.05, 0) is 18.6 Å². The van der Waals surface area contributed by atoms with Crippen molar-refractivity contribution in [2.24, 2.45) is 0 Å². The molecule has 0 saturated carbocycles. The molecule has 0 unspecified atom stereocenters. The largest absolute Gasteiger partial charge is 0.311 e. The lowest BCUT2D eigenvalue weighted by Gasteiger charge is -2.06. The highest BCUT2D eigenvalue weighted by atomic mass is 15.3. The highest BCUT2D eigenvalue weighted by Gasteiger charge is 2.01. The summed E-state index contributed by atoms with van der Waals surface area (Å²) in [4.78, 5) is 4.02. The fourth-order valence-corrected chi connectivity index (χ4v) is 1.69. The average Bonchev–Trinajstić information content (AvgIpc) is 2.81. The van der Waals surface area contributed by atoms with Crippen molar-refractivity contribution in [3.8, 4) is 6.07 Å². The molecule has 0 spiro atoms. The number of nitrogens with one attached hydrogen (secondary N) is 1. The zero-order valence-electron chi connectivity index (χ0n) is 10.3. The minimum Gasteiger partial charge on any atom is -0.311 e. The number of aryl methyl sites for hydroxylation is 1. The van der Waals surface area contributed by atoms with Crippen molar-refractivity contribution in [2.45, 2.75) is 20.0 Å². The summed E-state index contributed by atoms with van der Waals surface area (Å²) in [5, 5.41) is 16.4. The molecule has 2 aromatic rings. The molecule has 0 radical (unpaired) electrons. The monoisotopic (exact) mass is 241 g/mol. The summed E-state index contributed by atoms with van der Waals surface area (Å²) in [6, 6.07) is 5.84. The van der Waals surface area contributed by atoms with E-state index >= 15 is 0 Å². The number of nitrogens with zero attached hydrogens (tertiary/aromatic N) is 4. The Morgan fingerprint density at radius 1 is 1.50 bits per heavy atom. The van der Waals surface area contributed by atoms with Crippen LogP contribution in [0.25, 0.3) is 0 Å². The third-order valence-electron chi connectivity index (χ3n) is 2.59. The molecule has 1 N–H and O–H groups in total. The number of nitriles is 1. The van der Waals surface area contributed by atoms with E-state index in [9.17, 15) is 0 Å². The summed E-state index contributed by atoms with van der Waals surface area (Å²) in [6.45, 7) is 4.29. The maximum absolute atomic E-state index is 8.90. The van der Waals surface area contributed by atoms with E-state index < -0.39 is 0 Å². The number of hydrogen-bond donors (Lipinski definition) is 1. The Bertz CT molecular complexity index is 553. The maximum atomic E-state index is 8.90. The number of rotatable bonds is 5. The third kappa shape index (κ3) is 3.15. The van der Waals surface area contributed by atoms with Gasteiger partial charge in [-0.3, -0.25) is 4.68 Å². The van der Waals surface area contributed by atoms with Crippen molar-refractivity contribution in [2.75, 3.05) is 6.54 Å². The standard InChI is InChI=1S/C13H15N5/c1-11-8-17-18(10-11)6-5-15-9-12-3-2-4-16-13(12)7-14/h2-4,8,10,15H,5-6,9H2,1H3. The molecule has 2 aromatic heterocycles. The van der Waals surface area contributed by atoms with Gasteiger partial charge in [0.05, 0.1) is 12.7 Å². The van der Waals surface area contributed by atoms with E-state index in [0.717, 1.165) is 24.2 Å². The fourth-order valence-electron chi connectivity index (χ4n) is 1.69. The molecule has 0 aromatic carbocycles. The molecule has 5 nitrogen and oxygen atoms in total. The van der Waals surface area contributed by atoms with Crippen LogP contribution in [0, 0.1) is 18.3 Å². The van der Waals surface area contributed by atoms with E-state index in [2.05, 4.69) is 21.5 Å². The van der Waals surface area contributed by atoms with Crippen molar-refractivity contribution in [1.82, 2.24) is 20.1 Å². The van der Waals surface area contributed by atoms with Crippen LogP contribution < -0.4 is 5.32 Å². The highest BCUT2D eigenvalue weighted by Crippen LogP contribution is 2.02. The van der Waals surface area contributed by atoms with Crippen molar-refractivity contribution in [3.63, 3.8) is 0 Å². The van der Waals surface area contributed by atoms with Gasteiger partial charge in [-0.15, -0.1) is 0 Å². The van der Waals surface area contributed by atoms with E-state index in [0.29, 0.717) is 12.2 Å². The van der Waals surface area contributed by atoms with Crippen molar-refractivity contribution in [3.05, 3.63) is 47.5 Å². The Morgan fingerprint density at radius 3 is 3.11 bits per heavy atom. The van der Waals surface area contributed by atoms with Crippen LogP contribution >= 0.6 is 0 Å². The van der Waals surface area contributed by atoms with Gasteiger partial charge >= 0.3 is 0 Å². The highest BCUT2D eigenvalue weighted by molar-refractivity contribution is 5.30. The zero-order chi connectivity index (χ0) is 12.8. The molecular weight excluding hydrogens is 226 g/mol. The molecular formula is C13H15N5. The normalized spacial score (nSPS) is 10.2. The SMILES string of the molecule is Cc1cnn(CCNCc2cccnc2C#N)c1. The lowest BCUT2D eigenvalue weighted by molar-refractivity contribution is 0.554. The molecule has 0 atom stereocenters. The Balaban J connectivity index is 1.80. The summed E-state index contributed by atoms with van der Waals surface area (Å²) in [6.07, 6.45) is 5.48. The smallest absolute Gasteiger partial charge is 0.144 e. The molecule has 2 rings (SSSR count). The van der Waals surface area contributed by atoms with E-state index in [1.807, 2.05) is 36.1 Å². The molecule has 0 aliphatic carbocycles. The molecule has 0 aliphatic rings. The van der Waals surface area contributed by atoms with Gasteiger partial charge in [0.15, 0.2) is 0 Å². The Kier molecular flexibility index (Phi) is 4.05. The molecule has 0 saturated heterocycles. The lowest BCUT2D eigenvalue weighted by atomic mass is 10.2. The zero-order valence-corrected chi connectivity index (χ0v) is 10.3. The minimum atomic E-state index is 0.486. The van der Waals surface area contributed by atoms with Crippen LogP contribution in [-0.4, -0.2) is 21.3 Å². The van der Waals surface area contributed by atoms with E-state index in [4.69, 9.17) is 5.26 Å². The van der Waals surface area contributed by atoms with Crippen molar-refractivity contribution in [1.29, 1.82) is 5.26 Å². The Hall–Kier alpha value is -2.19. The van der Waals surface area contributed by atoms with Gasteiger partial charge in [0.1, 0.15) is 11.8 Å². The summed E-state index contributed by atoms with van der Waals surface area (Å²) >= 11 is 0. The minimum absolute atomic E-state index is 0.486. The first-order chi connectivity index (χ1) is 8.79. The summed E-state index contributed by atoms with van der Waals surface area (Å²) in [5.74, 6) is 0. The summed E-state index contributed by atoms with van der Waals surface area (Å²) in [5.41, 5.74) is 2.57. The second-order valence-corrected chi connectivity index (χ2v) is 4.08. The van der Waals surface area contributed by atoms with E-state index in [1.165, 1.54) is 0 Å². The van der Waals surface area contributed by atoms with Gasteiger partial charge in [0.2, 0.25) is 0 Å². The van der Waals surface area contributed by atoms with Crippen LogP contribution in [0.4, 0.5) is 0 Å². The van der Waals surface area contributed by atoms with Crippen LogP contribution in [0.3, 0.4) is 0 Å². The summed E-state index contributed by atoms with van der Waals surface area (Å²) < 4.78 is 1.90. The Morgan fingerprint density at radius 2 is 2.39 bits per heavy atom.